The third-order valence-electron chi connectivity index (χ3n) is 4.94. The van der Waals surface area contributed by atoms with E-state index in [1.807, 2.05) is 25.7 Å². The lowest BCUT2D eigenvalue weighted by molar-refractivity contribution is -0.133. The van der Waals surface area contributed by atoms with E-state index in [0.717, 1.165) is 24.1 Å². The first-order valence-electron chi connectivity index (χ1n) is 8.85. The Morgan fingerprint density at radius 1 is 1.19 bits per heavy atom. The first-order chi connectivity index (χ1) is 12.4. The number of likely N-dealkylation sites (N-methyl/N-ethyl adjacent to an activating group) is 2. The highest BCUT2D eigenvalue weighted by Gasteiger charge is 2.39. The Hall–Kier alpha value is -2.28. The summed E-state index contributed by atoms with van der Waals surface area (Å²) >= 11 is 5.29. The van der Waals surface area contributed by atoms with Crippen LogP contribution in [0.15, 0.2) is 30.0 Å². The van der Waals surface area contributed by atoms with Crippen LogP contribution in [0.25, 0.3) is 0 Å². The largest absolute Gasteiger partial charge is 0.344 e. The molecule has 2 heterocycles. The molecule has 7 heteroatoms. The van der Waals surface area contributed by atoms with Crippen LogP contribution in [0.2, 0.25) is 0 Å². The van der Waals surface area contributed by atoms with Crippen LogP contribution in [-0.4, -0.2) is 45.9 Å². The van der Waals surface area contributed by atoms with Crippen LogP contribution in [0.5, 0.6) is 0 Å². The maximum Gasteiger partial charge on any atom is 0.267 e. The number of benzene rings is 1. The number of anilines is 1. The van der Waals surface area contributed by atoms with Gasteiger partial charge in [0.25, 0.3) is 11.8 Å². The second kappa shape index (κ2) is 7.15. The number of carbonyl (C=O) groups excluding carboxylic acids is 2. The van der Waals surface area contributed by atoms with Crippen molar-refractivity contribution >= 4 is 34.8 Å². The van der Waals surface area contributed by atoms with Crippen molar-refractivity contribution in [2.24, 2.45) is 0 Å². The quantitative estimate of drug-likeness (QED) is 0.463. The van der Waals surface area contributed by atoms with Gasteiger partial charge in [0, 0.05) is 31.0 Å². The molecule has 0 N–H and O–H groups in total. The van der Waals surface area contributed by atoms with Crippen LogP contribution < -0.4 is 4.90 Å². The second-order valence-corrected chi connectivity index (χ2v) is 6.86. The molecule has 1 saturated heterocycles. The van der Waals surface area contributed by atoms with Crippen molar-refractivity contribution in [3.63, 3.8) is 0 Å². The van der Waals surface area contributed by atoms with Gasteiger partial charge in [0.2, 0.25) is 0 Å². The minimum Gasteiger partial charge on any atom is -0.344 e. The zero-order chi connectivity index (χ0) is 19.0. The molecule has 0 saturated carbocycles. The molecule has 0 bridgehead atoms. The first-order valence-corrected chi connectivity index (χ1v) is 9.26. The number of aryl methyl sites for hydroxylation is 1. The summed E-state index contributed by atoms with van der Waals surface area (Å²) in [7, 11) is 0. The van der Waals surface area contributed by atoms with E-state index in [4.69, 9.17) is 12.2 Å². The number of fused-ring (bicyclic) bond motifs is 1. The molecule has 2 amide bonds. The molecule has 1 atom stereocenters. The van der Waals surface area contributed by atoms with E-state index in [1.54, 1.807) is 12.3 Å². The van der Waals surface area contributed by atoms with Gasteiger partial charge in [-0.1, -0.05) is 0 Å². The maximum atomic E-state index is 13.6. The maximum absolute atomic E-state index is 13.6. The van der Waals surface area contributed by atoms with E-state index >= 15 is 0 Å². The lowest BCUT2D eigenvalue weighted by Crippen LogP contribution is -2.56. The van der Waals surface area contributed by atoms with Gasteiger partial charge in [-0.15, -0.1) is 0 Å². The van der Waals surface area contributed by atoms with Crippen LogP contribution in [0.1, 0.15) is 32.8 Å². The van der Waals surface area contributed by atoms with E-state index in [1.165, 1.54) is 21.9 Å². The van der Waals surface area contributed by atoms with Crippen molar-refractivity contribution in [3.05, 3.63) is 41.4 Å². The Bertz CT molecular complexity index is 780. The lowest BCUT2D eigenvalue weighted by atomic mass is 9.96. The highest BCUT2D eigenvalue weighted by Crippen LogP contribution is 2.32. The topological polar surface area (TPSA) is 43.9 Å². The van der Waals surface area contributed by atoms with Gasteiger partial charge < -0.3 is 4.90 Å². The standard InChI is InChI=1S/C19H22FN3O2S/c1-4-21-17(24)15(18(25)22(5-2)19(21)26)11-23-12(3)6-7-13-10-14(20)8-9-16(13)23/h8-12H,4-7H2,1-3H3/t12-/m1/s1. The molecular weight excluding hydrogens is 353 g/mol. The Labute approximate surface area is 158 Å². The summed E-state index contributed by atoms with van der Waals surface area (Å²) in [5.41, 5.74) is 1.80. The summed E-state index contributed by atoms with van der Waals surface area (Å²) in [4.78, 5) is 30.4. The van der Waals surface area contributed by atoms with Gasteiger partial charge in [0.1, 0.15) is 11.4 Å². The predicted molar refractivity (Wildman–Crippen MR) is 102 cm³/mol. The summed E-state index contributed by atoms with van der Waals surface area (Å²) in [6.07, 6.45) is 3.19. The Kier molecular flexibility index (Phi) is 5.09. The number of thiocarbonyl (C=S) groups is 1. The number of carbonyl (C=O) groups is 2. The fourth-order valence-electron chi connectivity index (χ4n) is 3.45. The summed E-state index contributed by atoms with van der Waals surface area (Å²) in [6, 6.07) is 4.72. The van der Waals surface area contributed by atoms with Gasteiger partial charge in [-0.25, -0.2) is 4.39 Å². The van der Waals surface area contributed by atoms with Crippen LogP contribution in [0.4, 0.5) is 10.1 Å². The number of nitrogens with zero attached hydrogens (tertiary/aromatic N) is 3. The molecule has 1 fully saturated rings. The Morgan fingerprint density at radius 3 is 2.38 bits per heavy atom. The van der Waals surface area contributed by atoms with Crippen LogP contribution >= 0.6 is 12.2 Å². The fraction of sp³-hybridized carbons (Fsp3) is 0.421. The molecule has 0 spiro atoms. The lowest BCUT2D eigenvalue weighted by Gasteiger charge is -2.38. The minimum atomic E-state index is -0.381. The van der Waals surface area contributed by atoms with Crippen molar-refractivity contribution in [2.75, 3.05) is 18.0 Å². The van der Waals surface area contributed by atoms with Crippen molar-refractivity contribution < 1.29 is 14.0 Å². The van der Waals surface area contributed by atoms with Crippen molar-refractivity contribution in [1.29, 1.82) is 0 Å². The van der Waals surface area contributed by atoms with E-state index < -0.39 is 0 Å². The average Bonchev–Trinajstić information content (AvgIpc) is 2.61. The van der Waals surface area contributed by atoms with Gasteiger partial charge in [-0.2, -0.15) is 0 Å². The highest BCUT2D eigenvalue weighted by atomic mass is 32.1. The molecule has 3 rings (SSSR count). The van der Waals surface area contributed by atoms with E-state index in [-0.39, 0.29) is 34.4 Å². The SMILES string of the molecule is CCN1C(=O)C(=CN2c3ccc(F)cc3CC[C@H]2C)C(=O)N(CC)C1=S. The third-order valence-corrected chi connectivity index (χ3v) is 5.38. The van der Waals surface area contributed by atoms with Crippen molar-refractivity contribution in [2.45, 2.75) is 39.7 Å². The zero-order valence-corrected chi connectivity index (χ0v) is 16.0. The number of hydrogen-bond donors (Lipinski definition) is 0. The first kappa shape index (κ1) is 18.5. The molecule has 138 valence electrons. The van der Waals surface area contributed by atoms with E-state index in [0.29, 0.717) is 13.1 Å². The van der Waals surface area contributed by atoms with E-state index in [2.05, 4.69) is 0 Å². The molecule has 26 heavy (non-hydrogen) atoms. The summed E-state index contributed by atoms with van der Waals surface area (Å²) in [5, 5.41) is 0.247. The monoisotopic (exact) mass is 375 g/mol. The molecule has 2 aliphatic rings. The molecule has 2 aliphatic heterocycles. The van der Waals surface area contributed by atoms with Gasteiger partial charge in [-0.05, 0) is 69.6 Å². The molecule has 0 unspecified atom stereocenters. The average molecular weight is 375 g/mol. The molecule has 0 aromatic heterocycles. The number of rotatable bonds is 3. The van der Waals surface area contributed by atoms with Crippen LogP contribution in [0, 0.1) is 5.82 Å². The molecule has 1 aromatic carbocycles. The Balaban J connectivity index is 2.06. The Morgan fingerprint density at radius 2 is 1.81 bits per heavy atom. The molecular formula is C19H22FN3O2S. The summed E-state index contributed by atoms with van der Waals surface area (Å²) in [6.45, 7) is 6.48. The third kappa shape index (κ3) is 3.00. The predicted octanol–water partition coefficient (Wildman–Crippen LogP) is 2.85. The van der Waals surface area contributed by atoms with Crippen LogP contribution in [0.3, 0.4) is 0 Å². The van der Waals surface area contributed by atoms with Crippen molar-refractivity contribution in [3.8, 4) is 0 Å². The number of hydrogen-bond acceptors (Lipinski definition) is 4. The van der Waals surface area contributed by atoms with Gasteiger partial charge in [0.15, 0.2) is 5.11 Å². The molecule has 5 nitrogen and oxygen atoms in total. The molecule has 0 aliphatic carbocycles. The number of halogens is 1. The summed E-state index contributed by atoms with van der Waals surface area (Å²) in [5.74, 6) is -1.04. The van der Waals surface area contributed by atoms with Gasteiger partial charge >= 0.3 is 0 Å². The van der Waals surface area contributed by atoms with Crippen molar-refractivity contribution in [1.82, 2.24) is 9.80 Å². The van der Waals surface area contributed by atoms with Crippen LogP contribution in [-0.2, 0) is 16.0 Å². The minimum absolute atomic E-state index is 0.0892. The fourth-order valence-corrected chi connectivity index (χ4v) is 3.88. The van der Waals surface area contributed by atoms with E-state index in [9.17, 15) is 14.0 Å². The number of amides is 2. The molecule has 0 radical (unpaired) electrons. The van der Waals surface area contributed by atoms with Gasteiger partial charge in [0.05, 0.1) is 0 Å². The molecule has 1 aromatic rings. The second-order valence-electron chi connectivity index (χ2n) is 6.49. The summed E-state index contributed by atoms with van der Waals surface area (Å²) < 4.78 is 13.6. The highest BCUT2D eigenvalue weighted by molar-refractivity contribution is 7.80. The normalized spacial score (nSPS) is 20.6. The van der Waals surface area contributed by atoms with Gasteiger partial charge in [-0.3, -0.25) is 19.4 Å². The smallest absolute Gasteiger partial charge is 0.267 e. The zero-order valence-electron chi connectivity index (χ0n) is 15.2.